The maximum Gasteiger partial charge on any atom is 0.217 e. The van der Waals surface area contributed by atoms with Crippen molar-refractivity contribution in [2.24, 2.45) is 0 Å². The minimum Gasteiger partial charge on any atom is -0.494 e. The molecule has 0 spiro atoms. The second-order valence-electron chi connectivity index (χ2n) is 6.24. The molecule has 2 rings (SSSR count). The van der Waals surface area contributed by atoms with E-state index in [0.717, 1.165) is 38.9 Å². The first-order chi connectivity index (χ1) is 10.5. The van der Waals surface area contributed by atoms with Gasteiger partial charge in [-0.3, -0.25) is 4.79 Å². The van der Waals surface area contributed by atoms with Crippen LogP contribution in [0.1, 0.15) is 33.1 Å². The fourth-order valence-electron chi connectivity index (χ4n) is 2.83. The number of amides is 1. The molecule has 0 unspecified atom stereocenters. The lowest BCUT2D eigenvalue weighted by molar-refractivity contribution is -0.121. The zero-order valence-corrected chi connectivity index (χ0v) is 13.4. The highest BCUT2D eigenvalue weighted by Crippen LogP contribution is 2.21. The number of nitrogens with zero attached hydrogens (tertiary/aromatic N) is 1. The highest BCUT2D eigenvalue weighted by atomic mass is 19.1. The van der Waals surface area contributed by atoms with E-state index in [1.165, 1.54) is 12.1 Å². The molecule has 0 atom stereocenters. The normalized spacial score (nSPS) is 18.0. The predicted molar refractivity (Wildman–Crippen MR) is 84.4 cm³/mol. The first-order valence-electron chi connectivity index (χ1n) is 7.86. The van der Waals surface area contributed by atoms with Crippen LogP contribution in [-0.2, 0) is 4.79 Å². The lowest BCUT2D eigenvalue weighted by Crippen LogP contribution is -2.52. The number of halogens is 1. The SMILES string of the molecule is CC(=O)NC1(C)CCN(CCCOc2ccc(F)cc2)CC1. The van der Waals surface area contributed by atoms with E-state index < -0.39 is 0 Å². The number of hydrogen-bond acceptors (Lipinski definition) is 3. The lowest BCUT2D eigenvalue weighted by Gasteiger charge is -2.39. The van der Waals surface area contributed by atoms with Gasteiger partial charge in [-0.25, -0.2) is 4.39 Å². The third kappa shape index (κ3) is 5.30. The van der Waals surface area contributed by atoms with Gasteiger partial charge in [0.15, 0.2) is 0 Å². The molecule has 0 aromatic heterocycles. The van der Waals surface area contributed by atoms with Crippen molar-refractivity contribution in [1.29, 1.82) is 0 Å². The summed E-state index contributed by atoms with van der Waals surface area (Å²) in [5, 5.41) is 3.05. The molecule has 1 aromatic rings. The number of carbonyl (C=O) groups is 1. The predicted octanol–water partition coefficient (Wildman–Crippen LogP) is 2.59. The van der Waals surface area contributed by atoms with E-state index in [2.05, 4.69) is 17.1 Å². The van der Waals surface area contributed by atoms with Gasteiger partial charge in [0.25, 0.3) is 0 Å². The van der Waals surface area contributed by atoms with E-state index in [-0.39, 0.29) is 17.3 Å². The maximum atomic E-state index is 12.8. The van der Waals surface area contributed by atoms with Crippen LogP contribution in [0, 0.1) is 5.82 Å². The van der Waals surface area contributed by atoms with Gasteiger partial charge in [0, 0.05) is 32.1 Å². The van der Waals surface area contributed by atoms with Crippen LogP contribution in [0.25, 0.3) is 0 Å². The van der Waals surface area contributed by atoms with Crippen molar-refractivity contribution in [2.45, 2.75) is 38.6 Å². The Hall–Kier alpha value is -1.62. The van der Waals surface area contributed by atoms with Crippen molar-refractivity contribution in [3.63, 3.8) is 0 Å². The molecule has 1 fully saturated rings. The van der Waals surface area contributed by atoms with Crippen LogP contribution in [0.2, 0.25) is 0 Å². The highest BCUT2D eigenvalue weighted by molar-refractivity contribution is 5.73. The quantitative estimate of drug-likeness (QED) is 0.821. The van der Waals surface area contributed by atoms with Crippen LogP contribution in [0.4, 0.5) is 4.39 Å². The zero-order valence-electron chi connectivity index (χ0n) is 13.4. The van der Waals surface area contributed by atoms with Gasteiger partial charge in [0.05, 0.1) is 6.61 Å². The van der Waals surface area contributed by atoms with Crippen molar-refractivity contribution >= 4 is 5.91 Å². The number of hydrogen-bond donors (Lipinski definition) is 1. The van der Waals surface area contributed by atoms with Gasteiger partial charge in [0.1, 0.15) is 11.6 Å². The Morgan fingerprint density at radius 2 is 1.95 bits per heavy atom. The summed E-state index contributed by atoms with van der Waals surface area (Å²) in [4.78, 5) is 13.6. The van der Waals surface area contributed by atoms with Crippen molar-refractivity contribution in [3.05, 3.63) is 30.1 Å². The molecule has 1 aromatic carbocycles. The van der Waals surface area contributed by atoms with Gasteiger partial charge < -0.3 is 15.0 Å². The van der Waals surface area contributed by atoms with Gasteiger partial charge in [0.2, 0.25) is 5.91 Å². The number of carbonyl (C=O) groups excluding carboxylic acids is 1. The molecule has 22 heavy (non-hydrogen) atoms. The van der Waals surface area contributed by atoms with E-state index in [1.807, 2.05) is 0 Å². The molecule has 1 aliphatic rings. The Morgan fingerprint density at radius 3 is 2.55 bits per heavy atom. The van der Waals surface area contributed by atoms with Gasteiger partial charge in [-0.15, -0.1) is 0 Å². The van der Waals surface area contributed by atoms with Gasteiger partial charge in [-0.05, 0) is 50.5 Å². The summed E-state index contributed by atoms with van der Waals surface area (Å²) in [6.07, 6.45) is 2.89. The van der Waals surface area contributed by atoms with Crippen LogP contribution in [0.3, 0.4) is 0 Å². The second kappa shape index (κ2) is 7.58. The van der Waals surface area contributed by atoms with Gasteiger partial charge in [-0.1, -0.05) is 0 Å². The number of likely N-dealkylation sites (tertiary alicyclic amines) is 1. The summed E-state index contributed by atoms with van der Waals surface area (Å²) in [5.74, 6) is 0.504. The Bertz CT molecular complexity index is 482. The Labute approximate surface area is 131 Å². The van der Waals surface area contributed by atoms with Crippen LogP contribution in [0.5, 0.6) is 5.75 Å². The summed E-state index contributed by atoms with van der Waals surface area (Å²) in [6.45, 7) is 7.29. The monoisotopic (exact) mass is 308 g/mol. The standard InChI is InChI=1S/C17H25FN2O2/c1-14(21)19-17(2)8-11-20(12-9-17)10-3-13-22-16-6-4-15(18)5-7-16/h4-7H,3,8-13H2,1-2H3,(H,19,21). The molecule has 1 aliphatic heterocycles. The topological polar surface area (TPSA) is 41.6 Å². The summed E-state index contributed by atoms with van der Waals surface area (Å²) < 4.78 is 18.4. The Kier molecular flexibility index (Phi) is 5.77. The fraction of sp³-hybridized carbons (Fsp3) is 0.588. The molecule has 122 valence electrons. The molecule has 1 heterocycles. The van der Waals surface area contributed by atoms with E-state index in [9.17, 15) is 9.18 Å². The first-order valence-corrected chi connectivity index (χ1v) is 7.86. The van der Waals surface area contributed by atoms with Crippen molar-refractivity contribution < 1.29 is 13.9 Å². The smallest absolute Gasteiger partial charge is 0.217 e. The average molecular weight is 308 g/mol. The summed E-state index contributed by atoms with van der Waals surface area (Å²) in [5.41, 5.74) is -0.0626. The summed E-state index contributed by atoms with van der Waals surface area (Å²) >= 11 is 0. The molecule has 1 saturated heterocycles. The minimum atomic E-state index is -0.247. The van der Waals surface area contributed by atoms with Crippen LogP contribution >= 0.6 is 0 Å². The number of piperidine rings is 1. The molecule has 0 aliphatic carbocycles. The average Bonchev–Trinajstić information content (AvgIpc) is 2.46. The molecule has 0 bridgehead atoms. The molecule has 5 heteroatoms. The van der Waals surface area contributed by atoms with Crippen molar-refractivity contribution in [3.8, 4) is 5.75 Å². The van der Waals surface area contributed by atoms with E-state index in [1.54, 1.807) is 19.1 Å². The molecule has 4 nitrogen and oxygen atoms in total. The minimum absolute atomic E-state index is 0.0450. The highest BCUT2D eigenvalue weighted by Gasteiger charge is 2.30. The number of benzene rings is 1. The first kappa shape index (κ1) is 16.7. The van der Waals surface area contributed by atoms with Crippen LogP contribution < -0.4 is 10.1 Å². The van der Waals surface area contributed by atoms with E-state index in [4.69, 9.17) is 4.74 Å². The third-order valence-electron chi connectivity index (χ3n) is 4.14. The third-order valence-corrected chi connectivity index (χ3v) is 4.14. The van der Waals surface area contributed by atoms with Crippen molar-refractivity contribution in [1.82, 2.24) is 10.2 Å². The summed E-state index contributed by atoms with van der Waals surface area (Å²) in [7, 11) is 0. The number of ether oxygens (including phenoxy) is 1. The van der Waals surface area contributed by atoms with Gasteiger partial charge >= 0.3 is 0 Å². The van der Waals surface area contributed by atoms with E-state index in [0.29, 0.717) is 12.4 Å². The summed E-state index contributed by atoms with van der Waals surface area (Å²) in [6, 6.07) is 6.11. The largest absolute Gasteiger partial charge is 0.494 e. The molecule has 1 N–H and O–H groups in total. The zero-order chi connectivity index (χ0) is 16.0. The van der Waals surface area contributed by atoms with Crippen LogP contribution in [-0.4, -0.2) is 42.6 Å². The molecular formula is C17H25FN2O2. The van der Waals surface area contributed by atoms with E-state index >= 15 is 0 Å². The number of nitrogens with one attached hydrogen (secondary N) is 1. The van der Waals surface area contributed by atoms with Crippen LogP contribution in [0.15, 0.2) is 24.3 Å². The van der Waals surface area contributed by atoms with Crippen molar-refractivity contribution in [2.75, 3.05) is 26.2 Å². The number of rotatable bonds is 6. The lowest BCUT2D eigenvalue weighted by atomic mass is 9.89. The Balaban J connectivity index is 1.63. The maximum absolute atomic E-state index is 12.8. The molecule has 0 radical (unpaired) electrons. The van der Waals surface area contributed by atoms with Gasteiger partial charge in [-0.2, -0.15) is 0 Å². The molecule has 1 amide bonds. The Morgan fingerprint density at radius 1 is 1.32 bits per heavy atom. The molecular weight excluding hydrogens is 283 g/mol. The molecule has 0 saturated carbocycles. The fourth-order valence-corrected chi connectivity index (χ4v) is 2.83. The second-order valence-corrected chi connectivity index (χ2v) is 6.24.